The highest BCUT2D eigenvalue weighted by molar-refractivity contribution is 6.03. The second-order valence-corrected chi connectivity index (χ2v) is 6.65. The molecule has 0 saturated carbocycles. The summed E-state index contributed by atoms with van der Waals surface area (Å²) in [5.41, 5.74) is 2.94. The first kappa shape index (κ1) is 19.3. The highest BCUT2D eigenvalue weighted by Crippen LogP contribution is 2.42. The van der Waals surface area contributed by atoms with E-state index in [1.54, 1.807) is 19.1 Å². The second-order valence-electron chi connectivity index (χ2n) is 6.65. The molecule has 27 heavy (non-hydrogen) atoms. The summed E-state index contributed by atoms with van der Waals surface area (Å²) in [7, 11) is 0. The lowest BCUT2D eigenvalue weighted by Gasteiger charge is -2.34. The minimum Gasteiger partial charge on any atom is -0.460 e. The summed E-state index contributed by atoms with van der Waals surface area (Å²) in [6, 6.07) is 6.06. The standard InChI is InChI=1S/C21H24FNO4/c1-3-26-10-11-27-21(25)18-13(2)23-16-8-5-9-17(24)20(16)19(18)14-6-4-7-15(22)12-14/h4,6-7,12,19,23H,3,5,8-11H2,1-2H3/t19-/m0/s1. The van der Waals surface area contributed by atoms with Gasteiger partial charge in [0.1, 0.15) is 12.4 Å². The van der Waals surface area contributed by atoms with Gasteiger partial charge in [-0.25, -0.2) is 9.18 Å². The molecule has 0 amide bonds. The Balaban J connectivity index is 1.99. The number of allylic oxidation sites excluding steroid dienone is 3. The van der Waals surface area contributed by atoms with Gasteiger partial charge in [-0.3, -0.25) is 4.79 Å². The van der Waals surface area contributed by atoms with E-state index in [1.165, 1.54) is 12.1 Å². The van der Waals surface area contributed by atoms with Crippen LogP contribution < -0.4 is 5.32 Å². The SMILES string of the molecule is CCOCCOC(=O)C1=C(C)NC2=C(C(=O)CCC2)[C@H]1c1cccc(F)c1. The van der Waals surface area contributed by atoms with Crippen molar-refractivity contribution < 1.29 is 23.5 Å². The first-order valence-corrected chi connectivity index (χ1v) is 9.27. The van der Waals surface area contributed by atoms with Crippen LogP contribution in [0.15, 0.2) is 46.8 Å². The highest BCUT2D eigenvalue weighted by Gasteiger charge is 2.39. The number of Topliss-reactive ketones (excluding diaryl/α,β-unsaturated/α-hetero) is 1. The molecule has 1 atom stereocenters. The molecule has 5 nitrogen and oxygen atoms in total. The van der Waals surface area contributed by atoms with Crippen molar-refractivity contribution in [3.63, 3.8) is 0 Å². The molecule has 0 radical (unpaired) electrons. The van der Waals surface area contributed by atoms with E-state index < -0.39 is 17.7 Å². The zero-order chi connectivity index (χ0) is 19.4. The fourth-order valence-corrected chi connectivity index (χ4v) is 3.69. The molecule has 3 rings (SSSR count). The van der Waals surface area contributed by atoms with Crippen LogP contribution in [0, 0.1) is 5.82 Å². The number of rotatable bonds is 6. The molecule has 0 spiro atoms. The number of ketones is 1. The van der Waals surface area contributed by atoms with E-state index in [0.29, 0.717) is 42.0 Å². The monoisotopic (exact) mass is 373 g/mol. The molecule has 1 heterocycles. The molecule has 6 heteroatoms. The third-order valence-electron chi connectivity index (χ3n) is 4.84. The summed E-state index contributed by atoms with van der Waals surface area (Å²) < 4.78 is 24.5. The zero-order valence-electron chi connectivity index (χ0n) is 15.6. The minimum atomic E-state index is -0.621. The number of carbonyl (C=O) groups is 2. The van der Waals surface area contributed by atoms with Crippen molar-refractivity contribution in [3.05, 3.63) is 58.2 Å². The number of hydrogen-bond acceptors (Lipinski definition) is 5. The molecule has 1 aliphatic carbocycles. The topological polar surface area (TPSA) is 64.6 Å². The lowest BCUT2D eigenvalue weighted by Crippen LogP contribution is -2.34. The summed E-state index contributed by atoms with van der Waals surface area (Å²) in [5, 5.41) is 3.21. The number of esters is 1. The van der Waals surface area contributed by atoms with E-state index in [2.05, 4.69) is 5.32 Å². The first-order valence-electron chi connectivity index (χ1n) is 9.27. The molecule has 1 aliphatic heterocycles. The van der Waals surface area contributed by atoms with Crippen molar-refractivity contribution in [3.8, 4) is 0 Å². The molecule has 1 N–H and O–H groups in total. The van der Waals surface area contributed by atoms with E-state index in [-0.39, 0.29) is 12.4 Å². The van der Waals surface area contributed by atoms with E-state index in [9.17, 15) is 14.0 Å². The number of dihydropyridines is 1. The van der Waals surface area contributed by atoms with Crippen LogP contribution in [0.4, 0.5) is 4.39 Å². The molecule has 0 fully saturated rings. The van der Waals surface area contributed by atoms with Crippen LogP contribution >= 0.6 is 0 Å². The number of halogens is 1. The maximum absolute atomic E-state index is 13.9. The molecule has 0 aromatic heterocycles. The van der Waals surface area contributed by atoms with Gasteiger partial charge < -0.3 is 14.8 Å². The van der Waals surface area contributed by atoms with Gasteiger partial charge in [0.2, 0.25) is 0 Å². The lowest BCUT2D eigenvalue weighted by atomic mass is 9.75. The Hall–Kier alpha value is -2.47. The Kier molecular flexibility index (Phi) is 6.06. The van der Waals surface area contributed by atoms with Crippen LogP contribution in [0.5, 0.6) is 0 Å². The van der Waals surface area contributed by atoms with Crippen molar-refractivity contribution >= 4 is 11.8 Å². The Morgan fingerprint density at radius 3 is 2.85 bits per heavy atom. The quantitative estimate of drug-likeness (QED) is 0.612. The van der Waals surface area contributed by atoms with E-state index in [1.807, 2.05) is 6.92 Å². The molecular weight excluding hydrogens is 349 g/mol. The Bertz CT molecular complexity index is 812. The number of benzene rings is 1. The summed E-state index contributed by atoms with van der Waals surface area (Å²) in [6.45, 7) is 4.62. The lowest BCUT2D eigenvalue weighted by molar-refractivity contribution is -0.140. The van der Waals surface area contributed by atoms with Gasteiger partial charge in [-0.15, -0.1) is 0 Å². The molecule has 0 saturated heterocycles. The van der Waals surface area contributed by atoms with Crippen molar-refractivity contribution in [2.45, 2.75) is 39.0 Å². The van der Waals surface area contributed by atoms with Crippen LogP contribution in [-0.2, 0) is 19.1 Å². The first-order chi connectivity index (χ1) is 13.0. The van der Waals surface area contributed by atoms with Gasteiger partial charge in [0, 0.05) is 35.9 Å². The van der Waals surface area contributed by atoms with Gasteiger partial charge in [0.15, 0.2) is 5.78 Å². The third kappa shape index (κ3) is 4.11. The fraction of sp³-hybridized carbons (Fsp3) is 0.429. The van der Waals surface area contributed by atoms with Crippen LogP contribution in [-0.4, -0.2) is 31.6 Å². The van der Waals surface area contributed by atoms with E-state index >= 15 is 0 Å². The van der Waals surface area contributed by atoms with E-state index in [0.717, 1.165) is 18.5 Å². The van der Waals surface area contributed by atoms with Gasteiger partial charge in [0.25, 0.3) is 0 Å². The largest absolute Gasteiger partial charge is 0.460 e. The Morgan fingerprint density at radius 1 is 1.30 bits per heavy atom. The average molecular weight is 373 g/mol. The van der Waals surface area contributed by atoms with Gasteiger partial charge in [0.05, 0.1) is 12.2 Å². The highest BCUT2D eigenvalue weighted by atomic mass is 19.1. The van der Waals surface area contributed by atoms with Gasteiger partial charge >= 0.3 is 5.97 Å². The maximum atomic E-state index is 13.9. The molecule has 1 aromatic carbocycles. The number of carbonyl (C=O) groups excluding carboxylic acids is 2. The molecule has 0 bridgehead atoms. The van der Waals surface area contributed by atoms with Crippen molar-refractivity contribution in [1.82, 2.24) is 5.32 Å². The Labute approximate surface area is 158 Å². The Morgan fingerprint density at radius 2 is 2.11 bits per heavy atom. The van der Waals surface area contributed by atoms with Crippen molar-refractivity contribution in [2.75, 3.05) is 19.8 Å². The molecule has 144 valence electrons. The van der Waals surface area contributed by atoms with Crippen LogP contribution in [0.1, 0.15) is 44.6 Å². The third-order valence-corrected chi connectivity index (χ3v) is 4.84. The van der Waals surface area contributed by atoms with Gasteiger partial charge in [-0.05, 0) is 44.4 Å². The molecule has 0 unspecified atom stereocenters. The number of hydrogen-bond donors (Lipinski definition) is 1. The van der Waals surface area contributed by atoms with Crippen LogP contribution in [0.3, 0.4) is 0 Å². The molecular formula is C21H24FNO4. The van der Waals surface area contributed by atoms with Gasteiger partial charge in [-0.2, -0.15) is 0 Å². The van der Waals surface area contributed by atoms with Crippen LogP contribution in [0.2, 0.25) is 0 Å². The zero-order valence-corrected chi connectivity index (χ0v) is 15.6. The predicted octanol–water partition coefficient (Wildman–Crippen LogP) is 3.37. The predicted molar refractivity (Wildman–Crippen MR) is 98.3 cm³/mol. The summed E-state index contributed by atoms with van der Waals surface area (Å²) in [4.78, 5) is 25.5. The maximum Gasteiger partial charge on any atom is 0.336 e. The molecule has 2 aliphatic rings. The van der Waals surface area contributed by atoms with E-state index in [4.69, 9.17) is 9.47 Å². The van der Waals surface area contributed by atoms with Crippen molar-refractivity contribution in [2.24, 2.45) is 0 Å². The smallest absolute Gasteiger partial charge is 0.336 e. The summed E-state index contributed by atoms with van der Waals surface area (Å²) >= 11 is 0. The fourth-order valence-electron chi connectivity index (χ4n) is 3.69. The summed E-state index contributed by atoms with van der Waals surface area (Å²) in [6.07, 6.45) is 1.93. The number of nitrogens with one attached hydrogen (secondary N) is 1. The second kappa shape index (κ2) is 8.48. The average Bonchev–Trinajstić information content (AvgIpc) is 2.64. The summed E-state index contributed by atoms with van der Waals surface area (Å²) in [5.74, 6) is -1.55. The minimum absolute atomic E-state index is 0.00914. The van der Waals surface area contributed by atoms with Crippen molar-refractivity contribution in [1.29, 1.82) is 0 Å². The normalized spacial score (nSPS) is 19.7. The van der Waals surface area contributed by atoms with Gasteiger partial charge in [-0.1, -0.05) is 12.1 Å². The molecule has 1 aromatic rings. The number of ether oxygens (including phenoxy) is 2. The van der Waals surface area contributed by atoms with Crippen LogP contribution in [0.25, 0.3) is 0 Å².